The molecule has 0 aliphatic carbocycles. The number of aromatic nitrogens is 2. The molecule has 0 radical (unpaired) electrons. The topological polar surface area (TPSA) is 104 Å². The Bertz CT molecular complexity index is 646. The summed E-state index contributed by atoms with van der Waals surface area (Å²) < 4.78 is 31.2. The van der Waals surface area contributed by atoms with Crippen LogP contribution in [0.5, 0.6) is 0 Å². The molecule has 0 atom stereocenters. The lowest BCUT2D eigenvalue weighted by atomic mass is 10.2. The van der Waals surface area contributed by atoms with Gasteiger partial charge in [0.2, 0.25) is 0 Å². The van der Waals surface area contributed by atoms with E-state index in [0.29, 0.717) is 0 Å². The molecule has 6 nitrogen and oxygen atoms in total. The molecule has 22 heavy (non-hydrogen) atoms. The minimum atomic E-state index is -4.27. The van der Waals surface area contributed by atoms with Crippen LogP contribution in [-0.4, -0.2) is 35.4 Å². The predicted octanol–water partition coefficient (Wildman–Crippen LogP) is 1.02. The van der Waals surface area contributed by atoms with Crippen LogP contribution < -0.4 is 4.98 Å². The SMILES string of the molecule is Cc1ccc(S(=O)(=O)[O-])cc1.OCCSCc1cc[nH+]cn1. The van der Waals surface area contributed by atoms with Crippen molar-refractivity contribution in [2.75, 3.05) is 12.4 Å². The number of rotatable bonds is 5. The van der Waals surface area contributed by atoms with Crippen LogP contribution in [-0.2, 0) is 15.9 Å². The van der Waals surface area contributed by atoms with Gasteiger partial charge in [0, 0.05) is 11.8 Å². The highest BCUT2D eigenvalue weighted by Crippen LogP contribution is 2.08. The zero-order valence-electron chi connectivity index (χ0n) is 12.1. The smallest absolute Gasteiger partial charge is 0.284 e. The van der Waals surface area contributed by atoms with Crippen molar-refractivity contribution in [1.82, 2.24) is 4.98 Å². The molecule has 0 saturated carbocycles. The van der Waals surface area contributed by atoms with Gasteiger partial charge in [-0.3, -0.25) is 4.98 Å². The molecule has 2 N–H and O–H groups in total. The number of nitrogens with one attached hydrogen (secondary N) is 1. The van der Waals surface area contributed by atoms with Gasteiger partial charge in [0.15, 0.2) is 5.69 Å². The number of aliphatic hydroxyl groups excluding tert-OH is 1. The van der Waals surface area contributed by atoms with Gasteiger partial charge in [-0.1, -0.05) is 22.7 Å². The Morgan fingerprint density at radius 1 is 1.27 bits per heavy atom. The number of nitrogens with zero attached hydrogens (tertiary/aromatic N) is 1. The minimum absolute atomic E-state index is 0.178. The molecule has 0 amide bonds. The number of thioether (sulfide) groups is 1. The van der Waals surface area contributed by atoms with Crippen LogP contribution in [0.3, 0.4) is 0 Å². The number of aromatic amines is 1. The van der Waals surface area contributed by atoms with Crippen LogP contribution >= 0.6 is 11.8 Å². The Morgan fingerprint density at radius 3 is 2.45 bits per heavy atom. The van der Waals surface area contributed by atoms with Crippen molar-refractivity contribution < 1.29 is 23.1 Å². The largest absolute Gasteiger partial charge is 0.744 e. The Kier molecular flexibility index (Phi) is 8.03. The summed E-state index contributed by atoms with van der Waals surface area (Å²) in [5.41, 5.74) is 1.97. The maximum Gasteiger partial charge on any atom is 0.284 e. The second-order valence-corrected chi connectivity index (χ2v) is 6.78. The molecule has 0 spiro atoms. The number of hydrogen-bond acceptors (Lipinski definition) is 6. The van der Waals surface area contributed by atoms with E-state index in [1.165, 1.54) is 12.1 Å². The second kappa shape index (κ2) is 9.52. The van der Waals surface area contributed by atoms with Gasteiger partial charge < -0.3 is 9.66 Å². The first-order valence-corrected chi connectivity index (χ1v) is 9.02. The van der Waals surface area contributed by atoms with Gasteiger partial charge in [-0.2, -0.15) is 11.8 Å². The molecule has 0 unspecified atom stereocenters. The maximum absolute atomic E-state index is 10.4. The third kappa shape index (κ3) is 7.51. The third-order valence-electron chi connectivity index (χ3n) is 2.47. The van der Waals surface area contributed by atoms with E-state index in [1.807, 2.05) is 19.2 Å². The van der Waals surface area contributed by atoms with Crippen LogP contribution in [0.15, 0.2) is 47.8 Å². The number of hydrogen-bond donors (Lipinski definition) is 1. The van der Waals surface area contributed by atoms with E-state index in [2.05, 4.69) is 9.97 Å². The van der Waals surface area contributed by atoms with E-state index in [1.54, 1.807) is 30.2 Å². The quantitative estimate of drug-likeness (QED) is 0.642. The van der Waals surface area contributed by atoms with Crippen molar-refractivity contribution >= 4 is 21.9 Å². The average Bonchev–Trinajstić information content (AvgIpc) is 2.49. The van der Waals surface area contributed by atoms with Gasteiger partial charge in [0.25, 0.3) is 6.33 Å². The van der Waals surface area contributed by atoms with Crippen molar-refractivity contribution in [3.05, 3.63) is 54.1 Å². The van der Waals surface area contributed by atoms with Crippen molar-refractivity contribution in [3.8, 4) is 0 Å². The summed E-state index contributed by atoms with van der Waals surface area (Å²) in [7, 11) is -4.27. The molecule has 0 aliphatic rings. The Labute approximate surface area is 134 Å². The lowest BCUT2D eigenvalue weighted by Crippen LogP contribution is -2.02. The van der Waals surface area contributed by atoms with Gasteiger partial charge in [0.1, 0.15) is 10.1 Å². The summed E-state index contributed by atoms with van der Waals surface area (Å²) >= 11 is 1.68. The lowest BCUT2D eigenvalue weighted by molar-refractivity contribution is -0.383. The first kappa shape index (κ1) is 18.6. The fourth-order valence-corrected chi connectivity index (χ4v) is 2.50. The van der Waals surface area contributed by atoms with Crippen LogP contribution in [0.4, 0.5) is 0 Å². The number of aliphatic hydroxyl groups is 1. The standard InChI is InChI=1S/C7H10N2OS.C7H8O3S/c10-3-4-11-5-7-1-2-8-6-9-7;1-6-2-4-7(5-3-6)11(8,9)10/h1-2,6,10H,3-5H2;2-5H,1H3,(H,8,9,10). The fourth-order valence-electron chi connectivity index (χ4n) is 1.38. The summed E-state index contributed by atoms with van der Waals surface area (Å²) in [5, 5.41) is 8.50. The highest BCUT2D eigenvalue weighted by atomic mass is 32.2. The first-order chi connectivity index (χ1) is 10.4. The molecular formula is C14H18N2O4S2. The second-order valence-electron chi connectivity index (χ2n) is 4.29. The monoisotopic (exact) mass is 342 g/mol. The number of aryl methyl sites for hydroxylation is 1. The van der Waals surface area contributed by atoms with E-state index < -0.39 is 10.1 Å². The molecule has 2 rings (SSSR count). The maximum atomic E-state index is 10.4. The molecule has 0 aliphatic heterocycles. The van der Waals surface area contributed by atoms with E-state index in [9.17, 15) is 13.0 Å². The Hall–Kier alpha value is -1.48. The zero-order valence-corrected chi connectivity index (χ0v) is 13.7. The summed E-state index contributed by atoms with van der Waals surface area (Å²) in [4.78, 5) is 6.77. The fraction of sp³-hybridized carbons (Fsp3) is 0.286. The molecule has 2 aromatic rings. The molecule has 8 heteroatoms. The third-order valence-corrected chi connectivity index (χ3v) is 4.29. The molecule has 0 bridgehead atoms. The molecule has 0 saturated heterocycles. The summed E-state index contributed by atoms with van der Waals surface area (Å²) in [6.07, 6.45) is 3.51. The van der Waals surface area contributed by atoms with Gasteiger partial charge in [-0.15, -0.1) is 0 Å². The van der Waals surface area contributed by atoms with E-state index in [0.717, 1.165) is 22.8 Å². The van der Waals surface area contributed by atoms with Crippen LogP contribution in [0, 0.1) is 6.92 Å². The van der Waals surface area contributed by atoms with Gasteiger partial charge >= 0.3 is 0 Å². The molecule has 1 aromatic heterocycles. The summed E-state index contributed by atoms with van der Waals surface area (Å²) in [5.74, 6) is 1.65. The summed E-state index contributed by atoms with van der Waals surface area (Å²) in [6.45, 7) is 2.06. The van der Waals surface area contributed by atoms with Crippen molar-refractivity contribution in [3.63, 3.8) is 0 Å². The van der Waals surface area contributed by atoms with E-state index >= 15 is 0 Å². The van der Waals surface area contributed by atoms with Gasteiger partial charge in [0.05, 0.1) is 23.5 Å². The highest BCUT2D eigenvalue weighted by molar-refractivity contribution is 7.98. The highest BCUT2D eigenvalue weighted by Gasteiger charge is 1.98. The molecule has 120 valence electrons. The number of H-pyrrole nitrogens is 1. The predicted molar refractivity (Wildman–Crippen MR) is 83.2 cm³/mol. The minimum Gasteiger partial charge on any atom is -0.744 e. The lowest BCUT2D eigenvalue weighted by Gasteiger charge is -2.05. The average molecular weight is 342 g/mol. The first-order valence-electron chi connectivity index (χ1n) is 6.45. The van der Waals surface area contributed by atoms with Crippen molar-refractivity contribution in [2.24, 2.45) is 0 Å². The molecule has 1 heterocycles. The molecule has 1 aromatic carbocycles. The number of benzene rings is 1. The van der Waals surface area contributed by atoms with E-state index in [-0.39, 0.29) is 11.5 Å². The van der Waals surface area contributed by atoms with Crippen LogP contribution in [0.1, 0.15) is 11.3 Å². The zero-order chi connectivity index (χ0) is 16.4. The molecule has 0 fully saturated rings. The Balaban J connectivity index is 0.000000220. The van der Waals surface area contributed by atoms with E-state index in [4.69, 9.17) is 5.11 Å². The van der Waals surface area contributed by atoms with Crippen LogP contribution in [0.25, 0.3) is 0 Å². The van der Waals surface area contributed by atoms with Crippen molar-refractivity contribution in [1.29, 1.82) is 0 Å². The van der Waals surface area contributed by atoms with Gasteiger partial charge in [-0.25, -0.2) is 8.42 Å². The van der Waals surface area contributed by atoms with Gasteiger partial charge in [-0.05, 0) is 19.1 Å². The normalized spacial score (nSPS) is 10.7. The molecular weight excluding hydrogens is 324 g/mol. The Morgan fingerprint density at radius 2 is 1.95 bits per heavy atom. The van der Waals surface area contributed by atoms with Crippen molar-refractivity contribution in [2.45, 2.75) is 17.6 Å². The van der Waals surface area contributed by atoms with Crippen LogP contribution in [0.2, 0.25) is 0 Å². The summed E-state index contributed by atoms with van der Waals surface area (Å²) in [6, 6.07) is 7.72.